The highest BCUT2D eigenvalue weighted by atomic mass is 32.2. The number of carbonyl (C=O) groups excluding carboxylic acids is 3. The number of nitro groups is 1. The molecule has 12 nitrogen and oxygen atoms in total. The Balaban J connectivity index is 1.54. The van der Waals surface area contributed by atoms with Crippen LogP contribution in [0.1, 0.15) is 35.1 Å². The Morgan fingerprint density at radius 1 is 1.33 bits per heavy atom. The summed E-state index contributed by atoms with van der Waals surface area (Å²) in [5, 5.41) is 18.6. The molecule has 0 radical (unpaired) electrons. The molecule has 3 atom stereocenters. The lowest BCUT2D eigenvalue weighted by molar-refractivity contribution is -0.384. The van der Waals surface area contributed by atoms with Gasteiger partial charge in [-0.05, 0) is 31.5 Å². The third-order valence-electron chi connectivity index (χ3n) is 5.71. The second-order valence-corrected chi connectivity index (χ2v) is 9.71. The molecule has 2 aliphatic rings. The van der Waals surface area contributed by atoms with E-state index in [9.17, 15) is 24.5 Å². The number of thioether (sulfide) groups is 1. The molecule has 2 aliphatic heterocycles. The van der Waals surface area contributed by atoms with Crippen LogP contribution >= 0.6 is 11.8 Å². The number of amides is 1. The molecule has 0 spiro atoms. The molecular formula is C20H21N5O7S. The van der Waals surface area contributed by atoms with Gasteiger partial charge in [0.15, 0.2) is 5.69 Å². The molecule has 4 rings (SSSR count). The van der Waals surface area contributed by atoms with Crippen molar-refractivity contribution in [3.63, 3.8) is 0 Å². The van der Waals surface area contributed by atoms with Crippen LogP contribution in [0.15, 0.2) is 24.3 Å². The molecule has 1 amide bonds. The average Bonchev–Trinajstić information content (AvgIpc) is 3.25. The van der Waals surface area contributed by atoms with Crippen LogP contribution in [-0.4, -0.2) is 65.9 Å². The summed E-state index contributed by atoms with van der Waals surface area (Å²) in [6, 6.07) is 4.77. The lowest BCUT2D eigenvalue weighted by Gasteiger charge is -2.37. The number of hydrogen-bond acceptors (Lipinski definition) is 10. The minimum Gasteiger partial charge on any atom is -0.464 e. The van der Waals surface area contributed by atoms with E-state index in [1.165, 1.54) is 52.7 Å². The van der Waals surface area contributed by atoms with Crippen molar-refractivity contribution in [1.82, 2.24) is 19.9 Å². The van der Waals surface area contributed by atoms with Crippen LogP contribution in [0.2, 0.25) is 0 Å². The number of rotatable bonds is 7. The first kappa shape index (κ1) is 22.7. The number of fused-ring (bicyclic) bond motifs is 1. The standard InChI is InChI=1S/C20H21N5O7S/c1-11-16(18(27)31-3)23(22-21-11)10-20(2)17(24-14(26)8-15(24)33-20)19(28)32-9-12-4-6-13(7-5-12)25(29)30/h4-7,15,17H,8-10H2,1-3H3/t15-,17-,20-/m0/s1. The van der Waals surface area contributed by atoms with Gasteiger partial charge < -0.3 is 14.4 Å². The normalized spacial score (nSPS) is 23.6. The number of aryl methyl sites for hydroxylation is 1. The van der Waals surface area contributed by atoms with Gasteiger partial charge in [-0.3, -0.25) is 14.9 Å². The van der Waals surface area contributed by atoms with Gasteiger partial charge in [-0.2, -0.15) is 0 Å². The number of methoxy groups -OCH3 is 1. The van der Waals surface area contributed by atoms with Gasteiger partial charge in [0.25, 0.3) is 5.69 Å². The summed E-state index contributed by atoms with van der Waals surface area (Å²) in [6.07, 6.45) is 0.312. The number of esters is 2. The minimum atomic E-state index is -0.901. The number of β-lactam (4-membered cyclic amide) rings is 1. The molecule has 1 aromatic heterocycles. The first-order chi connectivity index (χ1) is 15.6. The SMILES string of the molecule is COC(=O)c1c(C)nnn1C[C@]1(C)S[C@H]2CC(=O)N2[C@H]1C(=O)OCc1ccc([N+](=O)[O-])cc1. The first-order valence-corrected chi connectivity index (χ1v) is 10.9. The maximum absolute atomic E-state index is 13.1. The Hall–Kier alpha value is -3.48. The predicted molar refractivity (Wildman–Crippen MR) is 114 cm³/mol. The lowest BCUT2D eigenvalue weighted by Crippen LogP contribution is -2.58. The van der Waals surface area contributed by atoms with E-state index in [1.807, 2.05) is 6.92 Å². The average molecular weight is 475 g/mol. The van der Waals surface area contributed by atoms with Crippen LogP contribution in [0.5, 0.6) is 0 Å². The molecule has 0 bridgehead atoms. The van der Waals surface area contributed by atoms with Gasteiger partial charge in [-0.25, -0.2) is 14.3 Å². The van der Waals surface area contributed by atoms with Crippen molar-refractivity contribution >= 4 is 35.3 Å². The molecule has 2 aromatic rings. The van der Waals surface area contributed by atoms with E-state index in [4.69, 9.17) is 9.47 Å². The third-order valence-corrected chi connectivity index (χ3v) is 7.26. The Bertz CT molecular complexity index is 1130. The van der Waals surface area contributed by atoms with Gasteiger partial charge in [0.2, 0.25) is 5.91 Å². The molecule has 174 valence electrons. The molecule has 13 heteroatoms. The summed E-state index contributed by atoms with van der Waals surface area (Å²) < 4.78 is 10.9. The molecule has 2 fully saturated rings. The van der Waals surface area contributed by atoms with Gasteiger partial charge in [-0.1, -0.05) is 5.21 Å². The zero-order valence-corrected chi connectivity index (χ0v) is 18.9. The fourth-order valence-electron chi connectivity index (χ4n) is 4.07. The molecular weight excluding hydrogens is 454 g/mol. The zero-order chi connectivity index (χ0) is 23.9. The Morgan fingerprint density at radius 2 is 2.03 bits per heavy atom. The van der Waals surface area contributed by atoms with Gasteiger partial charge in [0.05, 0.1) is 40.8 Å². The maximum atomic E-state index is 13.1. The maximum Gasteiger partial charge on any atom is 0.358 e. The van der Waals surface area contributed by atoms with Crippen molar-refractivity contribution in [1.29, 1.82) is 0 Å². The highest BCUT2D eigenvalue weighted by Crippen LogP contribution is 2.52. The molecule has 0 aliphatic carbocycles. The number of carbonyl (C=O) groups is 3. The van der Waals surface area contributed by atoms with Crippen LogP contribution in [-0.2, 0) is 32.2 Å². The molecule has 3 heterocycles. The van der Waals surface area contributed by atoms with E-state index in [0.29, 0.717) is 17.7 Å². The Kier molecular flexibility index (Phi) is 5.82. The third kappa shape index (κ3) is 4.03. The number of aromatic nitrogens is 3. The van der Waals surface area contributed by atoms with Crippen molar-refractivity contribution in [2.45, 2.75) is 49.6 Å². The monoisotopic (exact) mass is 475 g/mol. The first-order valence-electron chi connectivity index (χ1n) is 10.0. The minimum absolute atomic E-state index is 0.0663. The van der Waals surface area contributed by atoms with Crippen molar-refractivity contribution in [3.05, 3.63) is 51.3 Å². The molecule has 0 N–H and O–H groups in total. The highest BCUT2D eigenvalue weighted by molar-refractivity contribution is 8.01. The summed E-state index contributed by atoms with van der Waals surface area (Å²) >= 11 is 1.45. The van der Waals surface area contributed by atoms with Gasteiger partial charge in [0.1, 0.15) is 12.6 Å². The van der Waals surface area contributed by atoms with Crippen LogP contribution < -0.4 is 0 Å². The van der Waals surface area contributed by atoms with Crippen molar-refractivity contribution in [2.75, 3.05) is 7.11 Å². The smallest absolute Gasteiger partial charge is 0.358 e. The van der Waals surface area contributed by atoms with E-state index in [1.54, 1.807) is 6.92 Å². The van der Waals surface area contributed by atoms with Crippen LogP contribution in [0.3, 0.4) is 0 Å². The van der Waals surface area contributed by atoms with E-state index >= 15 is 0 Å². The molecule has 2 saturated heterocycles. The number of ether oxygens (including phenoxy) is 2. The van der Waals surface area contributed by atoms with Gasteiger partial charge in [-0.15, -0.1) is 16.9 Å². The van der Waals surface area contributed by atoms with E-state index in [2.05, 4.69) is 10.3 Å². The highest BCUT2D eigenvalue weighted by Gasteiger charge is 2.61. The number of non-ortho nitro benzene ring substituents is 1. The molecule has 1 aromatic carbocycles. The molecule has 0 unspecified atom stereocenters. The van der Waals surface area contributed by atoms with Crippen LogP contribution in [0.4, 0.5) is 5.69 Å². The van der Waals surface area contributed by atoms with E-state index < -0.39 is 27.7 Å². The lowest BCUT2D eigenvalue weighted by atomic mass is 9.96. The summed E-state index contributed by atoms with van der Waals surface area (Å²) in [5.74, 6) is -1.35. The number of hydrogen-bond donors (Lipinski definition) is 0. The second kappa shape index (κ2) is 8.46. The predicted octanol–water partition coefficient (Wildman–Crippen LogP) is 1.46. The van der Waals surface area contributed by atoms with Gasteiger partial charge in [0, 0.05) is 12.1 Å². The van der Waals surface area contributed by atoms with Gasteiger partial charge >= 0.3 is 11.9 Å². The summed E-state index contributed by atoms with van der Waals surface area (Å²) in [4.78, 5) is 49.4. The number of nitrogens with zero attached hydrogens (tertiary/aromatic N) is 5. The van der Waals surface area contributed by atoms with Crippen molar-refractivity contribution in [3.8, 4) is 0 Å². The molecule has 33 heavy (non-hydrogen) atoms. The second-order valence-electron chi connectivity index (χ2n) is 8.00. The Morgan fingerprint density at radius 3 is 2.64 bits per heavy atom. The number of benzene rings is 1. The number of nitro benzene ring substituents is 1. The fourth-order valence-corrected chi connectivity index (χ4v) is 5.81. The topological polar surface area (TPSA) is 147 Å². The van der Waals surface area contributed by atoms with Crippen LogP contribution in [0.25, 0.3) is 0 Å². The quantitative estimate of drug-likeness (QED) is 0.249. The summed E-state index contributed by atoms with van der Waals surface area (Å²) in [7, 11) is 1.26. The zero-order valence-electron chi connectivity index (χ0n) is 18.1. The van der Waals surface area contributed by atoms with Crippen molar-refractivity contribution in [2.24, 2.45) is 0 Å². The molecule has 0 saturated carbocycles. The van der Waals surface area contributed by atoms with Crippen molar-refractivity contribution < 1.29 is 28.8 Å². The largest absolute Gasteiger partial charge is 0.464 e. The summed E-state index contributed by atoms with van der Waals surface area (Å²) in [5.41, 5.74) is 1.08. The summed E-state index contributed by atoms with van der Waals surface area (Å²) in [6.45, 7) is 3.48. The van der Waals surface area contributed by atoms with E-state index in [0.717, 1.165) is 0 Å². The Labute approximate surface area is 192 Å². The van der Waals surface area contributed by atoms with E-state index in [-0.39, 0.29) is 35.8 Å². The van der Waals surface area contributed by atoms with Crippen LogP contribution in [0, 0.1) is 17.0 Å². The fraction of sp³-hybridized carbons (Fsp3) is 0.450.